The van der Waals surface area contributed by atoms with Crippen LogP contribution in [-0.2, 0) is 4.79 Å². The third-order valence-corrected chi connectivity index (χ3v) is 5.69. The second kappa shape index (κ2) is 7.78. The molecule has 3 N–H and O–H groups in total. The third kappa shape index (κ3) is 3.61. The number of rotatable bonds is 4. The lowest BCUT2D eigenvalue weighted by Gasteiger charge is -2.32. The zero-order valence-electron chi connectivity index (χ0n) is 17.6. The highest BCUT2D eigenvalue weighted by Crippen LogP contribution is 2.38. The quantitative estimate of drug-likeness (QED) is 0.616. The maximum absolute atomic E-state index is 13.0. The molecule has 1 aromatic heterocycles. The zero-order chi connectivity index (χ0) is 21.4. The van der Waals surface area contributed by atoms with Crippen LogP contribution in [0.3, 0.4) is 0 Å². The van der Waals surface area contributed by atoms with Crippen LogP contribution in [0, 0.1) is 13.8 Å². The van der Waals surface area contributed by atoms with Crippen LogP contribution in [0.1, 0.15) is 64.0 Å². The Balaban J connectivity index is 1.74. The van der Waals surface area contributed by atoms with Crippen LogP contribution in [0.25, 0.3) is 0 Å². The van der Waals surface area contributed by atoms with Gasteiger partial charge in [0.1, 0.15) is 6.04 Å². The molecule has 0 aliphatic carbocycles. The first-order chi connectivity index (χ1) is 14.3. The number of benzene rings is 2. The molecule has 6 heteroatoms. The molecule has 2 aromatic carbocycles. The summed E-state index contributed by atoms with van der Waals surface area (Å²) < 4.78 is 0. The van der Waals surface area contributed by atoms with Crippen molar-refractivity contribution in [3.63, 3.8) is 0 Å². The first-order valence-corrected chi connectivity index (χ1v) is 10.2. The van der Waals surface area contributed by atoms with E-state index in [0.29, 0.717) is 17.3 Å². The van der Waals surface area contributed by atoms with Gasteiger partial charge in [-0.1, -0.05) is 55.8 Å². The molecule has 6 nitrogen and oxygen atoms in total. The Hall–Kier alpha value is -3.41. The number of aryl methyl sites for hydroxylation is 2. The number of amides is 2. The molecule has 0 saturated carbocycles. The van der Waals surface area contributed by atoms with E-state index in [1.54, 1.807) is 6.07 Å². The average molecular weight is 402 g/mol. The average Bonchev–Trinajstić information content (AvgIpc) is 3.08. The molecule has 0 unspecified atom stereocenters. The monoisotopic (exact) mass is 402 g/mol. The minimum absolute atomic E-state index is 0.270. The number of nitrogens with one attached hydrogen (secondary N) is 3. The van der Waals surface area contributed by atoms with Gasteiger partial charge in [-0.25, -0.2) is 0 Å². The molecule has 0 radical (unpaired) electrons. The van der Waals surface area contributed by atoms with Gasteiger partial charge in [0.25, 0.3) is 5.91 Å². The molecular formula is C24H26N4O2. The lowest BCUT2D eigenvalue weighted by molar-refractivity contribution is -0.118. The fourth-order valence-corrected chi connectivity index (χ4v) is 4.03. The number of hydrogen-bond acceptors (Lipinski definition) is 3. The SMILES string of the molecule is Cc1cccc(C(=O)N[C@@H]2C(=O)Nc3n[nH]c(C)c3[C@H]2c2ccc(C(C)C)cc2)c1. The third-order valence-electron chi connectivity index (χ3n) is 5.69. The number of carbonyl (C=O) groups is 2. The molecule has 154 valence electrons. The van der Waals surface area contributed by atoms with Crippen molar-refractivity contribution in [1.82, 2.24) is 15.5 Å². The maximum Gasteiger partial charge on any atom is 0.251 e. The van der Waals surface area contributed by atoms with E-state index in [1.807, 2.05) is 44.2 Å². The molecule has 4 rings (SSSR count). The molecule has 3 aromatic rings. The van der Waals surface area contributed by atoms with Crippen molar-refractivity contribution in [2.24, 2.45) is 0 Å². The van der Waals surface area contributed by atoms with Crippen LogP contribution in [0.2, 0.25) is 0 Å². The number of fused-ring (bicyclic) bond motifs is 1. The van der Waals surface area contributed by atoms with Crippen molar-refractivity contribution in [1.29, 1.82) is 0 Å². The van der Waals surface area contributed by atoms with E-state index in [-0.39, 0.29) is 17.7 Å². The lowest BCUT2D eigenvalue weighted by Crippen LogP contribution is -2.50. The van der Waals surface area contributed by atoms with Crippen LogP contribution in [0.15, 0.2) is 48.5 Å². The van der Waals surface area contributed by atoms with Gasteiger partial charge in [-0.2, -0.15) is 5.10 Å². The fourth-order valence-electron chi connectivity index (χ4n) is 4.03. The van der Waals surface area contributed by atoms with Crippen molar-refractivity contribution in [3.8, 4) is 0 Å². The second-order valence-corrected chi connectivity index (χ2v) is 8.22. The molecule has 0 fully saturated rings. The van der Waals surface area contributed by atoms with Crippen molar-refractivity contribution < 1.29 is 9.59 Å². The summed E-state index contributed by atoms with van der Waals surface area (Å²) in [5, 5.41) is 13.0. The first kappa shape index (κ1) is 19.9. The summed E-state index contributed by atoms with van der Waals surface area (Å²) in [5.41, 5.74) is 5.49. The highest BCUT2D eigenvalue weighted by atomic mass is 16.2. The summed E-state index contributed by atoms with van der Waals surface area (Å²) in [5.74, 6) is 0.0656. The van der Waals surface area contributed by atoms with Gasteiger partial charge in [-0.3, -0.25) is 14.7 Å². The van der Waals surface area contributed by atoms with Crippen LogP contribution >= 0.6 is 0 Å². The van der Waals surface area contributed by atoms with Crippen LogP contribution in [-0.4, -0.2) is 28.1 Å². The normalized spacial score (nSPS) is 18.1. The summed E-state index contributed by atoms with van der Waals surface area (Å²) in [7, 11) is 0. The van der Waals surface area contributed by atoms with Gasteiger partial charge < -0.3 is 10.6 Å². The summed E-state index contributed by atoms with van der Waals surface area (Å²) >= 11 is 0. The highest BCUT2D eigenvalue weighted by Gasteiger charge is 2.40. The van der Waals surface area contributed by atoms with Crippen molar-refractivity contribution in [2.45, 2.75) is 45.6 Å². The van der Waals surface area contributed by atoms with Crippen LogP contribution in [0.4, 0.5) is 5.82 Å². The molecule has 0 saturated heterocycles. The molecule has 2 amide bonds. The van der Waals surface area contributed by atoms with Gasteiger partial charge in [-0.05, 0) is 43.0 Å². The molecule has 0 bridgehead atoms. The number of hydrogen-bond donors (Lipinski definition) is 3. The minimum Gasteiger partial charge on any atom is -0.339 e. The molecule has 1 aliphatic heterocycles. The van der Waals surface area contributed by atoms with E-state index in [0.717, 1.165) is 22.4 Å². The van der Waals surface area contributed by atoms with Crippen molar-refractivity contribution in [2.75, 3.05) is 5.32 Å². The predicted octanol–water partition coefficient (Wildman–Crippen LogP) is 4.03. The van der Waals surface area contributed by atoms with E-state index < -0.39 is 6.04 Å². The summed E-state index contributed by atoms with van der Waals surface area (Å²) in [6.45, 7) is 8.15. The van der Waals surface area contributed by atoms with Gasteiger partial charge in [-0.15, -0.1) is 0 Å². The maximum atomic E-state index is 13.0. The topological polar surface area (TPSA) is 86.9 Å². The van der Waals surface area contributed by atoms with Crippen LogP contribution < -0.4 is 10.6 Å². The zero-order valence-corrected chi connectivity index (χ0v) is 17.6. The van der Waals surface area contributed by atoms with Gasteiger partial charge in [0.2, 0.25) is 5.91 Å². The Morgan fingerprint density at radius 2 is 1.83 bits per heavy atom. The number of nitrogens with zero attached hydrogens (tertiary/aromatic N) is 1. The van der Waals surface area contributed by atoms with E-state index in [1.165, 1.54) is 5.56 Å². The first-order valence-electron chi connectivity index (χ1n) is 10.2. The Bertz CT molecular complexity index is 1100. The van der Waals surface area contributed by atoms with E-state index in [9.17, 15) is 9.59 Å². The molecule has 0 spiro atoms. The number of aromatic nitrogens is 2. The molecule has 2 atom stereocenters. The highest BCUT2D eigenvalue weighted by molar-refractivity contribution is 6.03. The summed E-state index contributed by atoms with van der Waals surface area (Å²) in [6, 6.07) is 14.9. The summed E-state index contributed by atoms with van der Waals surface area (Å²) in [4.78, 5) is 25.9. The molecule has 30 heavy (non-hydrogen) atoms. The largest absolute Gasteiger partial charge is 0.339 e. The van der Waals surface area contributed by atoms with E-state index in [2.05, 4.69) is 46.8 Å². The Morgan fingerprint density at radius 3 is 2.50 bits per heavy atom. The van der Waals surface area contributed by atoms with Crippen molar-refractivity contribution >= 4 is 17.6 Å². The molecule has 2 heterocycles. The van der Waals surface area contributed by atoms with Crippen molar-refractivity contribution in [3.05, 3.63) is 82.0 Å². The van der Waals surface area contributed by atoms with Gasteiger partial charge >= 0.3 is 0 Å². The number of H-pyrrole nitrogens is 1. The minimum atomic E-state index is -0.744. The van der Waals surface area contributed by atoms with Gasteiger partial charge in [0.15, 0.2) is 5.82 Å². The lowest BCUT2D eigenvalue weighted by atomic mass is 9.81. The number of anilines is 1. The number of aromatic amines is 1. The fraction of sp³-hybridized carbons (Fsp3) is 0.292. The van der Waals surface area contributed by atoms with Gasteiger partial charge in [0.05, 0.1) is 0 Å². The molecule has 1 aliphatic rings. The Morgan fingerprint density at radius 1 is 1.10 bits per heavy atom. The van der Waals surface area contributed by atoms with E-state index >= 15 is 0 Å². The standard InChI is InChI=1S/C24H26N4O2/c1-13(2)16-8-10-17(11-9-16)20-19-15(4)27-28-22(19)26-24(30)21(20)25-23(29)18-7-5-6-14(3)12-18/h5-13,20-21H,1-4H3,(H,25,29)(H2,26,27,28,30)/t20-,21+/m1/s1. The summed E-state index contributed by atoms with van der Waals surface area (Å²) in [6.07, 6.45) is 0. The smallest absolute Gasteiger partial charge is 0.251 e. The molecular weight excluding hydrogens is 376 g/mol. The Labute approximate surface area is 176 Å². The number of carbonyl (C=O) groups excluding carboxylic acids is 2. The predicted molar refractivity (Wildman–Crippen MR) is 117 cm³/mol. The Kier molecular flexibility index (Phi) is 5.16. The van der Waals surface area contributed by atoms with E-state index in [4.69, 9.17) is 0 Å². The van der Waals surface area contributed by atoms with Gasteiger partial charge in [0, 0.05) is 22.7 Å². The second-order valence-electron chi connectivity index (χ2n) is 8.22. The van der Waals surface area contributed by atoms with Crippen LogP contribution in [0.5, 0.6) is 0 Å².